The molecule has 2 N–H and O–H groups in total. The summed E-state index contributed by atoms with van der Waals surface area (Å²) < 4.78 is 0. The van der Waals surface area contributed by atoms with Gasteiger partial charge in [-0.2, -0.15) is 0 Å². The smallest absolute Gasteiger partial charge is 0.0355 e. The van der Waals surface area contributed by atoms with Crippen LogP contribution in [0.25, 0.3) is 0 Å². The third-order valence-electron chi connectivity index (χ3n) is 3.14. The number of hydrogen-bond donors (Lipinski definition) is 1. The zero-order valence-electron chi connectivity index (χ0n) is 11.7. The van der Waals surface area contributed by atoms with Gasteiger partial charge in [0.2, 0.25) is 0 Å². The molecule has 1 saturated heterocycles. The molecule has 0 spiro atoms. The number of hydrogen-bond acceptors (Lipinski definition) is 3. The van der Waals surface area contributed by atoms with E-state index in [4.69, 9.17) is 5.73 Å². The Morgan fingerprint density at radius 3 is 2.25 bits per heavy atom. The largest absolute Gasteiger partial charge is 0.371 e. The van der Waals surface area contributed by atoms with Gasteiger partial charge in [0.15, 0.2) is 0 Å². The van der Waals surface area contributed by atoms with Crippen molar-refractivity contribution in [3.63, 3.8) is 0 Å². The van der Waals surface area contributed by atoms with E-state index >= 15 is 0 Å². The van der Waals surface area contributed by atoms with Crippen molar-refractivity contribution in [1.82, 2.24) is 9.80 Å². The fraction of sp³-hybridized carbons (Fsp3) is 0.846. The van der Waals surface area contributed by atoms with Crippen LogP contribution in [-0.4, -0.2) is 48.1 Å². The van der Waals surface area contributed by atoms with Gasteiger partial charge >= 0.3 is 0 Å². The lowest BCUT2D eigenvalue weighted by Gasteiger charge is -2.48. The first-order chi connectivity index (χ1) is 7.51. The summed E-state index contributed by atoms with van der Waals surface area (Å²) >= 11 is 0. The Labute approximate surface area is 101 Å². The Morgan fingerprint density at radius 2 is 1.88 bits per heavy atom. The zero-order chi connectivity index (χ0) is 12.8. The van der Waals surface area contributed by atoms with E-state index in [0.29, 0.717) is 6.54 Å². The van der Waals surface area contributed by atoms with Crippen molar-refractivity contribution in [3.05, 3.63) is 12.3 Å². The third kappa shape index (κ3) is 3.80. The topological polar surface area (TPSA) is 32.5 Å². The highest BCUT2D eigenvalue weighted by molar-refractivity contribution is 5.02. The highest BCUT2D eigenvalue weighted by atomic mass is 15.3. The molecule has 0 saturated carbocycles. The second-order valence-electron chi connectivity index (χ2n) is 4.58. The molecule has 1 rings (SSSR count). The third-order valence-corrected chi connectivity index (χ3v) is 3.14. The van der Waals surface area contributed by atoms with E-state index in [1.54, 1.807) is 0 Å². The summed E-state index contributed by atoms with van der Waals surface area (Å²) in [6.45, 7) is 19.7. The van der Waals surface area contributed by atoms with E-state index in [1.165, 1.54) is 0 Å². The molecule has 0 aromatic heterocycles. The predicted molar refractivity (Wildman–Crippen MR) is 72.4 cm³/mol. The molecule has 0 aromatic rings. The molecule has 0 amide bonds. The van der Waals surface area contributed by atoms with Gasteiger partial charge in [0, 0.05) is 37.4 Å². The van der Waals surface area contributed by atoms with E-state index < -0.39 is 0 Å². The average molecular weight is 227 g/mol. The maximum atomic E-state index is 5.60. The maximum absolute atomic E-state index is 5.60. The molecule has 0 aromatic carbocycles. The van der Waals surface area contributed by atoms with Crippen molar-refractivity contribution in [2.75, 3.05) is 32.7 Å². The lowest BCUT2D eigenvalue weighted by Crippen LogP contribution is -2.58. The van der Waals surface area contributed by atoms with Gasteiger partial charge in [-0.25, -0.2) is 0 Å². The molecule has 0 bridgehead atoms. The summed E-state index contributed by atoms with van der Waals surface area (Å²) in [7, 11) is 0. The summed E-state index contributed by atoms with van der Waals surface area (Å²) in [6, 6.07) is 0. The molecule has 96 valence electrons. The number of likely N-dealkylation sites (N-methyl/N-ethyl adjacent to an activating group) is 1. The Hall–Kier alpha value is -0.540. The maximum Gasteiger partial charge on any atom is 0.0355 e. The van der Waals surface area contributed by atoms with Crippen molar-refractivity contribution in [2.24, 2.45) is 5.73 Å². The fourth-order valence-corrected chi connectivity index (χ4v) is 2.18. The van der Waals surface area contributed by atoms with E-state index in [0.717, 1.165) is 31.9 Å². The van der Waals surface area contributed by atoms with Gasteiger partial charge in [0.05, 0.1) is 0 Å². The fourth-order valence-electron chi connectivity index (χ4n) is 2.18. The molecule has 0 radical (unpaired) electrons. The van der Waals surface area contributed by atoms with Crippen molar-refractivity contribution < 1.29 is 0 Å². The normalized spacial score (nSPS) is 20.0. The van der Waals surface area contributed by atoms with Crippen molar-refractivity contribution >= 4 is 0 Å². The number of piperazine rings is 1. The lowest BCUT2D eigenvalue weighted by atomic mass is 9.98. The number of nitrogens with two attached hydrogens (primary N) is 1. The van der Waals surface area contributed by atoms with Crippen molar-refractivity contribution in [3.8, 4) is 0 Å². The predicted octanol–water partition coefficient (Wildman–Crippen LogP) is 1.90. The Balaban J connectivity index is 0.00000106. The minimum absolute atomic E-state index is 0.241. The molecule has 1 fully saturated rings. The van der Waals surface area contributed by atoms with Gasteiger partial charge in [-0.05, 0) is 20.4 Å². The highest BCUT2D eigenvalue weighted by Crippen LogP contribution is 2.22. The van der Waals surface area contributed by atoms with Crippen LogP contribution < -0.4 is 5.73 Å². The average Bonchev–Trinajstić information content (AvgIpc) is 2.29. The summed E-state index contributed by atoms with van der Waals surface area (Å²) in [5, 5.41) is 0. The Morgan fingerprint density at radius 1 is 1.31 bits per heavy atom. The summed E-state index contributed by atoms with van der Waals surface area (Å²) in [6.07, 6.45) is 0. The SMILES string of the molecule is C=C(CN)N1CCN(CC)C(C)(C)C1.CC. The zero-order valence-corrected chi connectivity index (χ0v) is 11.7. The summed E-state index contributed by atoms with van der Waals surface area (Å²) in [5.41, 5.74) is 6.91. The minimum atomic E-state index is 0.241. The molecular weight excluding hydrogens is 198 g/mol. The number of rotatable bonds is 3. The van der Waals surface area contributed by atoms with Crippen LogP contribution in [-0.2, 0) is 0 Å². The molecule has 1 aliphatic heterocycles. The monoisotopic (exact) mass is 227 g/mol. The second kappa shape index (κ2) is 6.92. The van der Waals surface area contributed by atoms with E-state index in [2.05, 4.69) is 37.1 Å². The minimum Gasteiger partial charge on any atom is -0.371 e. The molecule has 0 aliphatic carbocycles. The molecule has 3 nitrogen and oxygen atoms in total. The highest BCUT2D eigenvalue weighted by Gasteiger charge is 2.32. The van der Waals surface area contributed by atoms with Crippen LogP contribution in [0.3, 0.4) is 0 Å². The molecule has 16 heavy (non-hydrogen) atoms. The van der Waals surface area contributed by atoms with Gasteiger partial charge in [0.1, 0.15) is 0 Å². The van der Waals surface area contributed by atoms with Gasteiger partial charge in [0.25, 0.3) is 0 Å². The van der Waals surface area contributed by atoms with Crippen LogP contribution in [0.4, 0.5) is 0 Å². The first-order valence-electron chi connectivity index (χ1n) is 6.39. The second-order valence-corrected chi connectivity index (χ2v) is 4.58. The Bertz CT molecular complexity index is 211. The molecule has 3 heteroatoms. The summed E-state index contributed by atoms with van der Waals surface area (Å²) in [4.78, 5) is 4.82. The van der Waals surface area contributed by atoms with Crippen LogP contribution in [0.15, 0.2) is 12.3 Å². The van der Waals surface area contributed by atoms with E-state index in [9.17, 15) is 0 Å². The molecule has 0 unspecified atom stereocenters. The van der Waals surface area contributed by atoms with Crippen LogP contribution in [0.1, 0.15) is 34.6 Å². The lowest BCUT2D eigenvalue weighted by molar-refractivity contribution is 0.0395. The number of nitrogens with zero attached hydrogens (tertiary/aromatic N) is 2. The van der Waals surface area contributed by atoms with Gasteiger partial charge in [-0.15, -0.1) is 0 Å². The Kier molecular flexibility index (Phi) is 6.68. The van der Waals surface area contributed by atoms with Crippen LogP contribution >= 0.6 is 0 Å². The van der Waals surface area contributed by atoms with Crippen LogP contribution in [0.2, 0.25) is 0 Å². The van der Waals surface area contributed by atoms with E-state index in [1.807, 2.05) is 13.8 Å². The van der Waals surface area contributed by atoms with Gasteiger partial charge in [-0.3, -0.25) is 4.90 Å². The first-order valence-corrected chi connectivity index (χ1v) is 6.39. The van der Waals surface area contributed by atoms with Crippen molar-refractivity contribution in [1.29, 1.82) is 0 Å². The summed E-state index contributed by atoms with van der Waals surface area (Å²) in [5.74, 6) is 0. The van der Waals surface area contributed by atoms with Crippen LogP contribution in [0.5, 0.6) is 0 Å². The standard InChI is InChI=1S/C11H23N3.C2H6/c1-5-14-7-6-13(10(2)8-12)9-11(14,3)4;1-2/h2,5-9,12H2,1,3-4H3;1-2H3. The van der Waals surface area contributed by atoms with Crippen LogP contribution in [0, 0.1) is 0 Å². The quantitative estimate of drug-likeness (QED) is 0.799. The van der Waals surface area contributed by atoms with Gasteiger partial charge in [-0.1, -0.05) is 27.4 Å². The van der Waals surface area contributed by atoms with E-state index in [-0.39, 0.29) is 5.54 Å². The van der Waals surface area contributed by atoms with Gasteiger partial charge < -0.3 is 10.6 Å². The molecule has 0 atom stereocenters. The first kappa shape index (κ1) is 15.5. The van der Waals surface area contributed by atoms with Crippen molar-refractivity contribution in [2.45, 2.75) is 40.2 Å². The molecular formula is C13H29N3. The molecule has 1 aliphatic rings. The molecule has 1 heterocycles.